The van der Waals surface area contributed by atoms with Gasteiger partial charge >= 0.3 is 12.5 Å². The van der Waals surface area contributed by atoms with Crippen molar-refractivity contribution in [3.05, 3.63) is 77.6 Å². The Hall–Kier alpha value is -3.61. The van der Waals surface area contributed by atoms with Crippen LogP contribution in [0.2, 0.25) is 0 Å². The molecule has 0 bridgehead atoms. The Morgan fingerprint density at radius 1 is 0.946 bits per heavy atom. The van der Waals surface area contributed by atoms with E-state index in [9.17, 15) is 44.6 Å². The van der Waals surface area contributed by atoms with Crippen molar-refractivity contribution < 1.29 is 54.1 Å². The Morgan fingerprint density at radius 3 is 2.22 bits per heavy atom. The first-order valence-electron chi connectivity index (χ1n) is 10.5. The molecule has 0 aromatic heterocycles. The lowest BCUT2D eigenvalue weighted by Crippen LogP contribution is -2.46. The van der Waals surface area contributed by atoms with Gasteiger partial charge in [-0.2, -0.15) is 13.2 Å². The summed E-state index contributed by atoms with van der Waals surface area (Å²) in [5, 5.41) is 9.80. The predicted molar refractivity (Wildman–Crippen MR) is 113 cm³/mol. The first-order valence-corrected chi connectivity index (χ1v) is 10.5. The lowest BCUT2D eigenvalue weighted by molar-refractivity contribution is -0.274. The normalized spacial score (nSPS) is 16.7. The predicted octanol–water partition coefficient (Wildman–Crippen LogP) is 6.53. The maximum absolute atomic E-state index is 13.9. The van der Waals surface area contributed by atoms with Crippen molar-refractivity contribution in [3.63, 3.8) is 0 Å². The lowest BCUT2D eigenvalue weighted by Gasteiger charge is -2.40. The highest BCUT2D eigenvalue weighted by Gasteiger charge is 2.42. The van der Waals surface area contributed by atoms with Crippen molar-refractivity contribution in [2.24, 2.45) is 0 Å². The van der Waals surface area contributed by atoms with Crippen LogP contribution in [0.25, 0.3) is 11.1 Å². The summed E-state index contributed by atoms with van der Waals surface area (Å²) in [5.41, 5.74) is -0.145. The van der Waals surface area contributed by atoms with E-state index < -0.39 is 61.0 Å². The largest absolute Gasteiger partial charge is 0.573 e. The number of hydrogen-bond acceptors (Lipinski definition) is 4. The van der Waals surface area contributed by atoms with Crippen LogP contribution in [-0.4, -0.2) is 36.9 Å². The van der Waals surface area contributed by atoms with Gasteiger partial charge in [0.2, 0.25) is 0 Å². The van der Waals surface area contributed by atoms with Crippen molar-refractivity contribution in [1.29, 1.82) is 0 Å². The Morgan fingerprint density at radius 2 is 1.59 bits per heavy atom. The second kappa shape index (κ2) is 9.69. The molecule has 4 nitrogen and oxygen atoms in total. The molecule has 0 saturated heterocycles. The molecule has 4 rings (SSSR count). The molecule has 0 saturated carbocycles. The van der Waals surface area contributed by atoms with E-state index in [0.29, 0.717) is 12.1 Å². The van der Waals surface area contributed by atoms with Gasteiger partial charge in [0, 0.05) is 5.56 Å². The summed E-state index contributed by atoms with van der Waals surface area (Å²) in [5.74, 6) is -5.48. The first-order chi connectivity index (χ1) is 17.2. The third-order valence-electron chi connectivity index (χ3n) is 5.58. The van der Waals surface area contributed by atoms with Crippen molar-refractivity contribution >= 4 is 5.69 Å². The molecule has 2 atom stereocenters. The number of halogens is 9. The molecule has 0 spiro atoms. The number of rotatable bonds is 5. The van der Waals surface area contributed by atoms with Gasteiger partial charge in [-0.25, -0.2) is 13.2 Å². The highest BCUT2D eigenvalue weighted by molar-refractivity contribution is 5.80. The van der Waals surface area contributed by atoms with Gasteiger partial charge in [0.15, 0.2) is 29.3 Å². The summed E-state index contributed by atoms with van der Waals surface area (Å²) >= 11 is 0. The highest BCUT2D eigenvalue weighted by Crippen LogP contribution is 2.46. The number of para-hydroxylation sites is 1. The average Bonchev–Trinajstić information content (AvgIpc) is 2.80. The van der Waals surface area contributed by atoms with E-state index >= 15 is 0 Å². The maximum Gasteiger partial charge on any atom is 0.573 e. The Kier molecular flexibility index (Phi) is 6.93. The minimum Gasteiger partial charge on any atom is -0.488 e. The zero-order chi connectivity index (χ0) is 27.1. The molecule has 3 aromatic carbocycles. The summed E-state index contributed by atoms with van der Waals surface area (Å²) in [4.78, 5) is 1.06. The topological polar surface area (TPSA) is 41.9 Å². The van der Waals surface area contributed by atoms with Crippen LogP contribution >= 0.6 is 0 Å². The van der Waals surface area contributed by atoms with Gasteiger partial charge < -0.3 is 19.5 Å². The van der Waals surface area contributed by atoms with Gasteiger partial charge in [-0.15, -0.1) is 13.2 Å². The number of alkyl halides is 6. The molecule has 1 N–H and O–H groups in total. The van der Waals surface area contributed by atoms with E-state index in [2.05, 4.69) is 4.74 Å². The minimum atomic E-state index is -5.04. The highest BCUT2D eigenvalue weighted by atomic mass is 19.4. The third kappa shape index (κ3) is 5.71. The Bertz CT molecular complexity index is 1270. The van der Waals surface area contributed by atoms with E-state index in [1.54, 1.807) is 0 Å². The molecule has 1 aliphatic rings. The second-order valence-corrected chi connectivity index (χ2v) is 8.06. The van der Waals surface area contributed by atoms with Crippen LogP contribution < -0.4 is 14.4 Å². The molecule has 1 unspecified atom stereocenters. The molecule has 0 fully saturated rings. The zero-order valence-electron chi connectivity index (χ0n) is 18.4. The number of aliphatic hydroxyl groups is 1. The molecular formula is C24H16F9NO3. The van der Waals surface area contributed by atoms with Crippen molar-refractivity contribution in [1.82, 2.24) is 0 Å². The summed E-state index contributed by atoms with van der Waals surface area (Å²) < 4.78 is 129. The average molecular weight is 537 g/mol. The molecule has 0 radical (unpaired) electrons. The maximum atomic E-state index is 13.9. The van der Waals surface area contributed by atoms with E-state index in [4.69, 9.17) is 4.74 Å². The number of fused-ring (bicyclic) bond motifs is 1. The van der Waals surface area contributed by atoms with Crippen LogP contribution in [0.5, 0.6) is 11.5 Å². The third-order valence-corrected chi connectivity index (χ3v) is 5.58. The summed E-state index contributed by atoms with van der Waals surface area (Å²) in [6.45, 7) is -1.47. The molecule has 37 heavy (non-hydrogen) atoms. The van der Waals surface area contributed by atoms with Crippen LogP contribution in [0.3, 0.4) is 0 Å². The SMILES string of the molecule is O[C@@H](CN1c2cccc(-c3cc(F)c(F)c(F)c3)c2OCC1c1cccc(OC(F)(F)F)c1)C(F)(F)F. The Balaban J connectivity index is 1.81. The van der Waals surface area contributed by atoms with Crippen LogP contribution in [-0.2, 0) is 0 Å². The second-order valence-electron chi connectivity index (χ2n) is 8.06. The number of β-amino-alcohol motifs (C(OH)–C–C–N with tert-alkyl or cyclic N) is 1. The molecule has 1 aliphatic heterocycles. The zero-order valence-corrected chi connectivity index (χ0v) is 18.4. The van der Waals surface area contributed by atoms with Gasteiger partial charge in [0.1, 0.15) is 12.4 Å². The molecule has 198 valence electrons. The van der Waals surface area contributed by atoms with E-state index in [1.165, 1.54) is 30.3 Å². The van der Waals surface area contributed by atoms with Crippen molar-refractivity contribution in [2.45, 2.75) is 24.7 Å². The van der Waals surface area contributed by atoms with Crippen LogP contribution in [0.1, 0.15) is 11.6 Å². The fourth-order valence-corrected chi connectivity index (χ4v) is 3.97. The smallest absolute Gasteiger partial charge is 0.488 e. The first kappa shape index (κ1) is 26.5. The standard InChI is InChI=1S/C24H16F9NO3/c25-16-8-13(9-17(26)21(16)27)15-5-2-6-18-22(15)36-11-19(34(18)10-20(35)23(28,29)30)12-3-1-4-14(7-12)37-24(31,32)33/h1-9,19-20,35H,10-11H2/t19?,20-/m0/s1. The van der Waals surface area contributed by atoms with Gasteiger partial charge in [-0.3, -0.25) is 0 Å². The molecule has 13 heteroatoms. The fraction of sp³-hybridized carbons (Fsp3) is 0.250. The summed E-state index contributed by atoms with van der Waals surface area (Å²) in [6, 6.07) is 8.70. The summed E-state index contributed by atoms with van der Waals surface area (Å²) in [7, 11) is 0. The van der Waals surface area contributed by atoms with Crippen LogP contribution in [0, 0.1) is 17.5 Å². The van der Waals surface area contributed by atoms with Gasteiger partial charge in [-0.1, -0.05) is 24.3 Å². The number of benzene rings is 3. The number of aliphatic hydroxyl groups excluding tert-OH is 1. The molecule has 1 heterocycles. The van der Waals surface area contributed by atoms with Crippen molar-refractivity contribution in [2.75, 3.05) is 18.1 Å². The Labute approximate surface area is 203 Å². The number of nitrogens with zero attached hydrogens (tertiary/aromatic N) is 1. The molecular weight excluding hydrogens is 521 g/mol. The number of anilines is 1. The fourth-order valence-electron chi connectivity index (χ4n) is 3.97. The van der Waals surface area contributed by atoms with Crippen molar-refractivity contribution in [3.8, 4) is 22.6 Å². The van der Waals surface area contributed by atoms with Gasteiger partial charge in [0.05, 0.1) is 18.3 Å². The lowest BCUT2D eigenvalue weighted by atomic mass is 9.98. The number of ether oxygens (including phenoxy) is 2. The quantitative estimate of drug-likeness (QED) is 0.297. The van der Waals surface area contributed by atoms with E-state index in [-0.39, 0.29) is 28.1 Å². The van der Waals surface area contributed by atoms with Crippen LogP contribution in [0.4, 0.5) is 45.2 Å². The molecule has 0 aliphatic carbocycles. The number of hydrogen-bond donors (Lipinski definition) is 1. The van der Waals surface area contributed by atoms with Gasteiger partial charge in [0.25, 0.3) is 0 Å². The molecule has 3 aromatic rings. The van der Waals surface area contributed by atoms with E-state index in [1.807, 2.05) is 0 Å². The molecule has 0 amide bonds. The summed E-state index contributed by atoms with van der Waals surface area (Å²) in [6.07, 6.45) is -12.9. The van der Waals surface area contributed by atoms with Crippen LogP contribution in [0.15, 0.2) is 54.6 Å². The van der Waals surface area contributed by atoms with Gasteiger partial charge in [-0.05, 0) is 41.5 Å². The minimum absolute atomic E-state index is 0.00871. The van der Waals surface area contributed by atoms with E-state index in [0.717, 1.165) is 17.0 Å². The monoisotopic (exact) mass is 537 g/mol.